The van der Waals surface area contributed by atoms with Gasteiger partial charge in [-0.1, -0.05) is 19.9 Å². The first-order valence-corrected chi connectivity index (χ1v) is 11.1. The van der Waals surface area contributed by atoms with Crippen molar-refractivity contribution in [2.75, 3.05) is 19.0 Å². The van der Waals surface area contributed by atoms with E-state index >= 15 is 0 Å². The van der Waals surface area contributed by atoms with Crippen LogP contribution in [0.2, 0.25) is 0 Å². The minimum atomic E-state index is -0.315. The van der Waals surface area contributed by atoms with Gasteiger partial charge < -0.3 is 15.0 Å². The third kappa shape index (κ3) is 4.09. The van der Waals surface area contributed by atoms with Gasteiger partial charge in [-0.2, -0.15) is 10.4 Å². The molecule has 0 saturated carbocycles. The fourth-order valence-corrected chi connectivity index (χ4v) is 4.84. The zero-order valence-corrected chi connectivity index (χ0v) is 18.9. The second-order valence-corrected chi connectivity index (χ2v) is 8.95. The first-order chi connectivity index (χ1) is 15.4. The number of methoxy groups -OCH3 is 1. The van der Waals surface area contributed by atoms with Crippen LogP contribution in [0.15, 0.2) is 30.3 Å². The Morgan fingerprint density at radius 2 is 2.16 bits per heavy atom. The molecule has 3 aromatic rings. The highest BCUT2D eigenvalue weighted by Gasteiger charge is 2.29. The molecule has 2 amide bonds. The number of hydrogen-bond acceptors (Lipinski definition) is 6. The van der Waals surface area contributed by atoms with Crippen LogP contribution < -0.4 is 10.1 Å². The van der Waals surface area contributed by atoms with Gasteiger partial charge in [0.05, 0.1) is 19.2 Å². The largest absolute Gasteiger partial charge is 0.497 e. The van der Waals surface area contributed by atoms with E-state index in [-0.39, 0.29) is 17.7 Å². The first-order valence-electron chi connectivity index (χ1n) is 10.3. The van der Waals surface area contributed by atoms with Crippen LogP contribution in [-0.2, 0) is 13.0 Å². The summed E-state index contributed by atoms with van der Waals surface area (Å²) in [6.45, 7) is 4.94. The number of fused-ring (bicyclic) bond motifs is 1. The molecule has 164 valence electrons. The summed E-state index contributed by atoms with van der Waals surface area (Å²) in [6.07, 6.45) is 0.553. The lowest BCUT2D eigenvalue weighted by Crippen LogP contribution is -2.35. The van der Waals surface area contributed by atoms with Gasteiger partial charge in [0.1, 0.15) is 22.5 Å². The number of nitrogens with zero attached hydrogens (tertiary/aromatic N) is 3. The summed E-state index contributed by atoms with van der Waals surface area (Å²) in [5.74, 6) is 0.373. The Kier molecular flexibility index (Phi) is 5.97. The Morgan fingerprint density at radius 1 is 1.34 bits per heavy atom. The van der Waals surface area contributed by atoms with E-state index in [2.05, 4.69) is 21.6 Å². The standard InChI is InChI=1S/C23H23N5O3S/c1-13(2)18-10-19(27-26-18)23(30)28-8-7-16-17(11-24)22(32-20(16)12-28)25-21(29)14-5-4-6-15(9-14)31-3/h4-6,9-10,13H,7-8,12H2,1-3H3,(H,25,29)(H,26,27). The molecule has 0 spiro atoms. The van der Waals surface area contributed by atoms with E-state index < -0.39 is 0 Å². The van der Waals surface area contributed by atoms with Crippen molar-refractivity contribution >= 4 is 28.2 Å². The Hall–Kier alpha value is -3.64. The highest BCUT2D eigenvalue weighted by atomic mass is 32.1. The van der Waals surface area contributed by atoms with Gasteiger partial charge in [-0.15, -0.1) is 11.3 Å². The van der Waals surface area contributed by atoms with Gasteiger partial charge in [-0.3, -0.25) is 14.7 Å². The van der Waals surface area contributed by atoms with Gasteiger partial charge in [0.2, 0.25) is 0 Å². The molecule has 1 aromatic carbocycles. The van der Waals surface area contributed by atoms with Gasteiger partial charge in [-0.05, 0) is 42.2 Å². The molecule has 3 heterocycles. The normalized spacial score (nSPS) is 12.9. The zero-order chi connectivity index (χ0) is 22.8. The Bertz CT molecular complexity index is 1220. The number of rotatable bonds is 5. The predicted octanol–water partition coefficient (Wildman–Crippen LogP) is 3.93. The van der Waals surface area contributed by atoms with E-state index in [4.69, 9.17) is 4.74 Å². The van der Waals surface area contributed by atoms with Crippen LogP contribution >= 0.6 is 11.3 Å². The minimum Gasteiger partial charge on any atom is -0.497 e. The summed E-state index contributed by atoms with van der Waals surface area (Å²) >= 11 is 1.34. The summed E-state index contributed by atoms with van der Waals surface area (Å²) in [4.78, 5) is 28.3. The third-order valence-corrected chi connectivity index (χ3v) is 6.59. The van der Waals surface area contributed by atoms with Crippen molar-refractivity contribution in [3.8, 4) is 11.8 Å². The van der Waals surface area contributed by atoms with Gasteiger partial charge in [0.15, 0.2) is 0 Å². The van der Waals surface area contributed by atoms with E-state index in [1.165, 1.54) is 18.4 Å². The van der Waals surface area contributed by atoms with Crippen molar-refractivity contribution in [3.63, 3.8) is 0 Å². The van der Waals surface area contributed by atoms with E-state index in [0.29, 0.717) is 47.1 Å². The molecule has 0 fully saturated rings. The fraction of sp³-hybridized carbons (Fsp3) is 0.304. The van der Waals surface area contributed by atoms with Crippen LogP contribution in [0, 0.1) is 11.3 Å². The molecular formula is C23H23N5O3S. The number of nitrogens with one attached hydrogen (secondary N) is 2. The van der Waals surface area contributed by atoms with Crippen LogP contribution in [0.1, 0.15) is 62.3 Å². The maximum Gasteiger partial charge on any atom is 0.274 e. The molecule has 0 radical (unpaired) electrons. The molecule has 0 unspecified atom stereocenters. The highest BCUT2D eigenvalue weighted by molar-refractivity contribution is 7.16. The summed E-state index contributed by atoms with van der Waals surface area (Å²) < 4.78 is 5.18. The number of H-pyrrole nitrogens is 1. The second-order valence-electron chi connectivity index (χ2n) is 7.85. The average Bonchev–Trinajstić information content (AvgIpc) is 3.43. The van der Waals surface area contributed by atoms with Crippen LogP contribution in [0.5, 0.6) is 5.75 Å². The molecule has 0 atom stereocenters. The Balaban J connectivity index is 1.54. The lowest BCUT2D eigenvalue weighted by atomic mass is 10.0. The molecule has 1 aliphatic heterocycles. The number of aromatic nitrogens is 2. The second kappa shape index (κ2) is 8.85. The number of thiophene rings is 1. The van der Waals surface area contributed by atoms with Gasteiger partial charge >= 0.3 is 0 Å². The van der Waals surface area contributed by atoms with Crippen molar-refractivity contribution in [2.45, 2.75) is 32.7 Å². The van der Waals surface area contributed by atoms with Crippen molar-refractivity contribution < 1.29 is 14.3 Å². The summed E-state index contributed by atoms with van der Waals surface area (Å²) in [7, 11) is 1.54. The predicted molar refractivity (Wildman–Crippen MR) is 121 cm³/mol. The zero-order valence-electron chi connectivity index (χ0n) is 18.1. The maximum atomic E-state index is 12.9. The van der Waals surface area contributed by atoms with Gasteiger partial charge in [-0.25, -0.2) is 0 Å². The number of amides is 2. The van der Waals surface area contributed by atoms with E-state index in [1.807, 2.05) is 13.8 Å². The number of benzene rings is 1. The number of ether oxygens (including phenoxy) is 1. The number of aromatic amines is 1. The van der Waals surface area contributed by atoms with Gasteiger partial charge in [0.25, 0.3) is 11.8 Å². The van der Waals surface area contributed by atoms with Gasteiger partial charge in [0, 0.05) is 22.7 Å². The summed E-state index contributed by atoms with van der Waals surface area (Å²) in [5.41, 5.74) is 3.11. The lowest BCUT2D eigenvalue weighted by molar-refractivity contribution is 0.0731. The molecule has 0 saturated heterocycles. The number of nitriles is 1. The smallest absolute Gasteiger partial charge is 0.274 e. The molecule has 4 rings (SSSR count). The number of anilines is 1. The van der Waals surface area contributed by atoms with Crippen LogP contribution in [0.3, 0.4) is 0 Å². The van der Waals surface area contributed by atoms with Crippen LogP contribution in [-0.4, -0.2) is 40.6 Å². The molecule has 32 heavy (non-hydrogen) atoms. The van der Waals surface area contributed by atoms with Crippen molar-refractivity contribution in [1.82, 2.24) is 15.1 Å². The van der Waals surface area contributed by atoms with E-state index in [0.717, 1.165) is 16.1 Å². The molecule has 2 aromatic heterocycles. The summed E-state index contributed by atoms with van der Waals surface area (Å²) in [6, 6.07) is 10.8. The average molecular weight is 450 g/mol. The highest BCUT2D eigenvalue weighted by Crippen LogP contribution is 2.37. The molecule has 9 heteroatoms. The fourth-order valence-electron chi connectivity index (χ4n) is 3.63. The Morgan fingerprint density at radius 3 is 2.84 bits per heavy atom. The topological polar surface area (TPSA) is 111 Å². The Labute approximate surface area is 189 Å². The van der Waals surface area contributed by atoms with Crippen molar-refractivity contribution in [1.29, 1.82) is 5.26 Å². The molecular weight excluding hydrogens is 426 g/mol. The summed E-state index contributed by atoms with van der Waals surface area (Å²) in [5, 5.41) is 20.2. The van der Waals surface area contributed by atoms with E-state index in [9.17, 15) is 14.9 Å². The van der Waals surface area contributed by atoms with Crippen LogP contribution in [0.4, 0.5) is 5.00 Å². The number of hydrogen-bond donors (Lipinski definition) is 2. The molecule has 0 bridgehead atoms. The molecule has 8 nitrogen and oxygen atoms in total. The lowest BCUT2D eigenvalue weighted by Gasteiger charge is -2.26. The molecule has 0 aliphatic carbocycles. The molecule has 1 aliphatic rings. The van der Waals surface area contributed by atoms with Crippen molar-refractivity contribution in [2.24, 2.45) is 0 Å². The number of carbonyl (C=O) groups excluding carboxylic acids is 2. The van der Waals surface area contributed by atoms with Crippen LogP contribution in [0.25, 0.3) is 0 Å². The number of carbonyl (C=O) groups is 2. The third-order valence-electron chi connectivity index (χ3n) is 5.45. The minimum absolute atomic E-state index is 0.146. The van der Waals surface area contributed by atoms with E-state index in [1.54, 1.807) is 35.2 Å². The molecule has 2 N–H and O–H groups in total. The quantitative estimate of drug-likeness (QED) is 0.613. The van der Waals surface area contributed by atoms with Crippen molar-refractivity contribution in [3.05, 3.63) is 63.3 Å². The maximum absolute atomic E-state index is 12.9. The first kappa shape index (κ1) is 21.6. The monoisotopic (exact) mass is 449 g/mol. The SMILES string of the molecule is COc1cccc(C(=O)Nc2sc3c(c2C#N)CCN(C(=O)c2cc(C(C)C)[nH]n2)C3)c1.